The zero-order chi connectivity index (χ0) is 16.7. The molecule has 0 bridgehead atoms. The summed E-state index contributed by atoms with van der Waals surface area (Å²) in [4.78, 5) is 23.5. The molecule has 1 aromatic heterocycles. The van der Waals surface area contributed by atoms with Gasteiger partial charge in [0.15, 0.2) is 0 Å². The van der Waals surface area contributed by atoms with Crippen LogP contribution in [0.15, 0.2) is 30.5 Å². The van der Waals surface area contributed by atoms with Gasteiger partial charge in [0.2, 0.25) is 5.91 Å². The zero-order valence-corrected chi connectivity index (χ0v) is 14.0. The molecular formula is C19H25NO3. The Morgan fingerprint density at radius 2 is 1.78 bits per heavy atom. The van der Waals surface area contributed by atoms with Crippen molar-refractivity contribution in [2.45, 2.75) is 52.4 Å². The maximum absolute atomic E-state index is 12.1. The molecule has 0 atom stereocenters. The van der Waals surface area contributed by atoms with Crippen molar-refractivity contribution in [3.8, 4) is 0 Å². The van der Waals surface area contributed by atoms with Crippen molar-refractivity contribution in [2.24, 2.45) is 0 Å². The Labute approximate surface area is 137 Å². The first-order valence-electron chi connectivity index (χ1n) is 8.42. The van der Waals surface area contributed by atoms with Gasteiger partial charge in [0.05, 0.1) is 17.7 Å². The zero-order valence-electron chi connectivity index (χ0n) is 14.0. The first kappa shape index (κ1) is 17.3. The molecular weight excluding hydrogens is 290 g/mol. The van der Waals surface area contributed by atoms with Gasteiger partial charge in [-0.05, 0) is 30.7 Å². The van der Waals surface area contributed by atoms with E-state index in [0.717, 1.165) is 23.7 Å². The lowest BCUT2D eigenvalue weighted by molar-refractivity contribution is 0.0497. The third kappa shape index (κ3) is 4.68. The van der Waals surface area contributed by atoms with Gasteiger partial charge >= 0.3 is 5.97 Å². The van der Waals surface area contributed by atoms with E-state index in [9.17, 15) is 9.59 Å². The largest absolute Gasteiger partial charge is 0.462 e. The van der Waals surface area contributed by atoms with Gasteiger partial charge in [-0.3, -0.25) is 9.36 Å². The smallest absolute Gasteiger partial charge is 0.338 e. The molecule has 4 heteroatoms. The summed E-state index contributed by atoms with van der Waals surface area (Å²) in [5.74, 6) is -0.338. The van der Waals surface area contributed by atoms with Crippen molar-refractivity contribution in [2.75, 3.05) is 6.61 Å². The normalized spacial score (nSPS) is 10.9. The number of hydrogen-bond acceptors (Lipinski definition) is 3. The number of nitrogens with zero attached hydrogens (tertiary/aromatic N) is 1. The van der Waals surface area contributed by atoms with Crippen molar-refractivity contribution in [3.63, 3.8) is 0 Å². The van der Waals surface area contributed by atoms with Crippen LogP contribution in [0.25, 0.3) is 10.9 Å². The number of aromatic nitrogens is 1. The fourth-order valence-corrected chi connectivity index (χ4v) is 2.67. The number of carbonyl (C=O) groups is 2. The Balaban J connectivity index is 1.85. The first-order chi connectivity index (χ1) is 11.1. The van der Waals surface area contributed by atoms with Gasteiger partial charge in [0.25, 0.3) is 0 Å². The minimum atomic E-state index is -0.295. The molecule has 0 unspecified atom stereocenters. The van der Waals surface area contributed by atoms with E-state index in [1.165, 1.54) is 32.6 Å². The monoisotopic (exact) mass is 315 g/mol. The number of esters is 1. The Kier molecular flexibility index (Phi) is 6.39. The van der Waals surface area contributed by atoms with Crippen molar-refractivity contribution < 1.29 is 14.3 Å². The fourth-order valence-electron chi connectivity index (χ4n) is 2.67. The van der Waals surface area contributed by atoms with Crippen LogP contribution in [0.1, 0.15) is 67.5 Å². The van der Waals surface area contributed by atoms with E-state index >= 15 is 0 Å². The lowest BCUT2D eigenvalue weighted by atomic mass is 10.1. The summed E-state index contributed by atoms with van der Waals surface area (Å²) in [7, 11) is 0. The predicted octanol–water partition coefficient (Wildman–Crippen LogP) is 4.82. The molecule has 0 saturated carbocycles. The molecule has 0 amide bonds. The second-order valence-electron chi connectivity index (χ2n) is 5.88. The van der Waals surface area contributed by atoms with Crippen molar-refractivity contribution >= 4 is 22.8 Å². The Morgan fingerprint density at radius 3 is 2.52 bits per heavy atom. The summed E-state index contributed by atoms with van der Waals surface area (Å²) < 4.78 is 6.90. The van der Waals surface area contributed by atoms with Crippen LogP contribution in [0.2, 0.25) is 0 Å². The predicted molar refractivity (Wildman–Crippen MR) is 91.9 cm³/mol. The molecule has 0 fully saturated rings. The molecule has 0 aliphatic heterocycles. The van der Waals surface area contributed by atoms with Crippen LogP contribution in [-0.4, -0.2) is 23.1 Å². The summed E-state index contributed by atoms with van der Waals surface area (Å²) in [5, 5.41) is 0.870. The second-order valence-corrected chi connectivity index (χ2v) is 5.88. The average molecular weight is 315 g/mol. The van der Waals surface area contributed by atoms with Gasteiger partial charge < -0.3 is 4.74 Å². The Hall–Kier alpha value is -2.10. The molecule has 0 spiro atoms. The summed E-state index contributed by atoms with van der Waals surface area (Å²) in [5.41, 5.74) is 1.34. The quantitative estimate of drug-likeness (QED) is 0.518. The summed E-state index contributed by atoms with van der Waals surface area (Å²) in [6.07, 6.45) is 8.72. The lowest BCUT2D eigenvalue weighted by Crippen LogP contribution is -2.07. The van der Waals surface area contributed by atoms with E-state index in [1.807, 2.05) is 6.07 Å². The number of benzene rings is 1. The van der Waals surface area contributed by atoms with Gasteiger partial charge in [-0.1, -0.05) is 39.0 Å². The maximum Gasteiger partial charge on any atom is 0.338 e. The van der Waals surface area contributed by atoms with E-state index < -0.39 is 0 Å². The van der Waals surface area contributed by atoms with Crippen LogP contribution in [0.5, 0.6) is 0 Å². The molecule has 124 valence electrons. The highest BCUT2D eigenvalue weighted by atomic mass is 16.5. The highest BCUT2D eigenvalue weighted by molar-refractivity contribution is 5.97. The Bertz CT molecular complexity index is 672. The summed E-state index contributed by atoms with van der Waals surface area (Å²) in [6, 6.07) is 7.11. The molecule has 0 N–H and O–H groups in total. The van der Waals surface area contributed by atoms with E-state index in [-0.39, 0.29) is 11.9 Å². The number of ether oxygens (including phenoxy) is 1. The van der Waals surface area contributed by atoms with Crippen molar-refractivity contribution in [1.29, 1.82) is 0 Å². The van der Waals surface area contributed by atoms with E-state index in [4.69, 9.17) is 4.74 Å². The lowest BCUT2D eigenvalue weighted by Gasteiger charge is -2.06. The molecule has 23 heavy (non-hydrogen) atoms. The number of unbranched alkanes of at least 4 members (excludes halogenated alkanes) is 5. The highest BCUT2D eigenvalue weighted by Gasteiger charge is 2.10. The molecule has 2 aromatic rings. The number of rotatable bonds is 8. The van der Waals surface area contributed by atoms with Crippen LogP contribution in [0.4, 0.5) is 0 Å². The van der Waals surface area contributed by atoms with Crippen LogP contribution in [0.3, 0.4) is 0 Å². The molecule has 0 aliphatic rings. The third-order valence-corrected chi connectivity index (χ3v) is 4.00. The molecule has 0 aliphatic carbocycles. The van der Waals surface area contributed by atoms with Crippen LogP contribution < -0.4 is 0 Å². The number of hydrogen-bond donors (Lipinski definition) is 0. The minimum Gasteiger partial charge on any atom is -0.462 e. The van der Waals surface area contributed by atoms with E-state index in [0.29, 0.717) is 12.2 Å². The van der Waals surface area contributed by atoms with Gasteiger partial charge in [-0.15, -0.1) is 0 Å². The molecule has 4 nitrogen and oxygen atoms in total. The number of fused-ring (bicyclic) bond motifs is 1. The van der Waals surface area contributed by atoms with Gasteiger partial charge in [0.1, 0.15) is 0 Å². The van der Waals surface area contributed by atoms with Crippen molar-refractivity contribution in [3.05, 3.63) is 36.0 Å². The molecule has 0 radical (unpaired) electrons. The standard InChI is InChI=1S/C19H25NO3/c1-3-4-5-6-7-8-13-23-19(22)17-9-10-18-16(14-17)11-12-20(18)15(2)21/h9-12,14H,3-8,13H2,1-2H3. The maximum atomic E-state index is 12.1. The molecule has 2 rings (SSSR count). The molecule has 1 aromatic carbocycles. The van der Waals surface area contributed by atoms with Crippen LogP contribution >= 0.6 is 0 Å². The van der Waals surface area contributed by atoms with Gasteiger partial charge in [-0.25, -0.2) is 4.79 Å². The first-order valence-corrected chi connectivity index (χ1v) is 8.42. The molecule has 0 saturated heterocycles. The summed E-state index contributed by atoms with van der Waals surface area (Å²) >= 11 is 0. The van der Waals surface area contributed by atoms with E-state index in [2.05, 4.69) is 6.92 Å². The topological polar surface area (TPSA) is 48.3 Å². The minimum absolute atomic E-state index is 0.0431. The van der Waals surface area contributed by atoms with Gasteiger partial charge in [-0.2, -0.15) is 0 Å². The number of carbonyl (C=O) groups excluding carboxylic acids is 2. The fraction of sp³-hybridized carbons (Fsp3) is 0.474. The SMILES string of the molecule is CCCCCCCCOC(=O)c1ccc2c(ccn2C(C)=O)c1. The Morgan fingerprint density at radius 1 is 1.04 bits per heavy atom. The second kappa shape index (κ2) is 8.51. The van der Waals surface area contributed by atoms with Crippen molar-refractivity contribution in [1.82, 2.24) is 4.57 Å². The average Bonchev–Trinajstić information content (AvgIpc) is 2.97. The summed E-state index contributed by atoms with van der Waals surface area (Å²) in [6.45, 7) is 4.18. The highest BCUT2D eigenvalue weighted by Crippen LogP contribution is 2.18. The van der Waals surface area contributed by atoms with Crippen LogP contribution in [0, 0.1) is 0 Å². The molecule has 1 heterocycles. The van der Waals surface area contributed by atoms with Crippen LogP contribution in [-0.2, 0) is 4.74 Å². The van der Waals surface area contributed by atoms with Gasteiger partial charge in [0, 0.05) is 18.5 Å². The third-order valence-electron chi connectivity index (χ3n) is 4.00. The van der Waals surface area contributed by atoms with E-state index in [1.54, 1.807) is 29.0 Å².